The summed E-state index contributed by atoms with van der Waals surface area (Å²) in [6.45, 7) is 13.1. The smallest absolute Gasteiger partial charge is 0.257 e. The largest absolute Gasteiger partial charge is 0.495 e. The first kappa shape index (κ1) is 18.3. The number of piperazine rings is 1. The molecule has 4 nitrogen and oxygen atoms in total. The number of carbonyl (C=O) groups excluding carboxylic acids is 1. The van der Waals surface area contributed by atoms with E-state index in [1.54, 1.807) is 7.11 Å². The van der Waals surface area contributed by atoms with E-state index in [4.69, 9.17) is 4.74 Å². The van der Waals surface area contributed by atoms with E-state index in [2.05, 4.69) is 48.5 Å². The number of amides is 1. The molecule has 1 amide bonds. The number of nitrogens with zero attached hydrogens (tertiary/aromatic N) is 2. The Balaban J connectivity index is 2.33. The lowest BCUT2D eigenvalue weighted by molar-refractivity contribution is 0.0640. The molecule has 0 radical (unpaired) electrons. The van der Waals surface area contributed by atoms with Gasteiger partial charge in [-0.3, -0.25) is 4.79 Å². The maximum absolute atomic E-state index is 13.0. The van der Waals surface area contributed by atoms with Crippen molar-refractivity contribution in [3.63, 3.8) is 0 Å². The summed E-state index contributed by atoms with van der Waals surface area (Å²) < 4.78 is 6.33. The summed E-state index contributed by atoms with van der Waals surface area (Å²) in [5.41, 5.74) is 1.75. The third kappa shape index (κ3) is 4.07. The monoisotopic (exact) mass is 382 g/mol. The average molecular weight is 383 g/mol. The van der Waals surface area contributed by atoms with Crippen LogP contribution in [0.5, 0.6) is 5.75 Å². The molecule has 23 heavy (non-hydrogen) atoms. The molecule has 0 atom stereocenters. The van der Waals surface area contributed by atoms with Crippen LogP contribution < -0.4 is 4.74 Å². The lowest BCUT2D eigenvalue weighted by Gasteiger charge is -2.34. The minimum absolute atomic E-state index is 0.0231. The maximum Gasteiger partial charge on any atom is 0.257 e. The predicted molar refractivity (Wildman–Crippen MR) is 97.4 cm³/mol. The van der Waals surface area contributed by atoms with Gasteiger partial charge in [0.2, 0.25) is 0 Å². The number of ether oxygens (including phenoxy) is 1. The normalized spacial score (nSPS) is 16.5. The standard InChI is InChI=1S/C18H27BrN2O2/c1-6-20-7-9-21(10-8-20)17(22)14-11-13(18(2,3)4)12-15(19)16(14)23-5/h11-12H,6-10H2,1-5H3. The summed E-state index contributed by atoms with van der Waals surface area (Å²) in [5.74, 6) is 0.685. The Morgan fingerprint density at radius 3 is 2.30 bits per heavy atom. The summed E-state index contributed by atoms with van der Waals surface area (Å²) in [4.78, 5) is 17.3. The van der Waals surface area contributed by atoms with E-state index >= 15 is 0 Å². The van der Waals surface area contributed by atoms with Gasteiger partial charge in [0.15, 0.2) is 0 Å². The topological polar surface area (TPSA) is 32.8 Å². The fourth-order valence-corrected chi connectivity index (χ4v) is 3.45. The summed E-state index contributed by atoms with van der Waals surface area (Å²) in [5, 5.41) is 0. The SMILES string of the molecule is CCN1CCN(C(=O)c2cc(C(C)(C)C)cc(Br)c2OC)CC1. The van der Waals surface area contributed by atoms with Gasteiger partial charge in [0, 0.05) is 26.2 Å². The van der Waals surface area contributed by atoms with Crippen molar-refractivity contribution in [3.8, 4) is 5.75 Å². The zero-order chi connectivity index (χ0) is 17.2. The highest BCUT2D eigenvalue weighted by Crippen LogP contribution is 2.35. The van der Waals surface area contributed by atoms with Crippen LogP contribution in [0, 0.1) is 0 Å². The summed E-state index contributed by atoms with van der Waals surface area (Å²) in [7, 11) is 1.61. The molecule has 1 aromatic rings. The number of likely N-dealkylation sites (N-methyl/N-ethyl adjacent to an activating group) is 1. The van der Waals surface area contributed by atoms with Gasteiger partial charge in [0.25, 0.3) is 5.91 Å². The van der Waals surface area contributed by atoms with Gasteiger partial charge in [-0.05, 0) is 45.6 Å². The van der Waals surface area contributed by atoms with Crippen LogP contribution in [0.25, 0.3) is 0 Å². The maximum atomic E-state index is 13.0. The zero-order valence-corrected chi connectivity index (χ0v) is 16.4. The second kappa shape index (κ2) is 7.22. The molecular weight excluding hydrogens is 356 g/mol. The number of benzene rings is 1. The third-order valence-electron chi connectivity index (χ3n) is 4.45. The number of halogens is 1. The Labute approximate surface area is 147 Å². The predicted octanol–water partition coefficient (Wildman–Crippen LogP) is 3.53. The third-order valence-corrected chi connectivity index (χ3v) is 5.04. The van der Waals surface area contributed by atoms with Gasteiger partial charge in [-0.1, -0.05) is 27.7 Å². The average Bonchev–Trinajstić information content (AvgIpc) is 2.52. The van der Waals surface area contributed by atoms with E-state index in [0.717, 1.165) is 42.8 Å². The minimum atomic E-state index is -0.0231. The molecule has 5 heteroatoms. The highest BCUT2D eigenvalue weighted by molar-refractivity contribution is 9.10. The summed E-state index contributed by atoms with van der Waals surface area (Å²) >= 11 is 3.56. The van der Waals surface area contributed by atoms with Crippen molar-refractivity contribution in [2.24, 2.45) is 0 Å². The van der Waals surface area contributed by atoms with Crippen molar-refractivity contribution in [1.82, 2.24) is 9.80 Å². The van der Waals surface area contributed by atoms with E-state index in [1.807, 2.05) is 17.0 Å². The summed E-state index contributed by atoms with van der Waals surface area (Å²) in [6.07, 6.45) is 0. The van der Waals surface area contributed by atoms with Gasteiger partial charge in [-0.15, -0.1) is 0 Å². The van der Waals surface area contributed by atoms with Crippen molar-refractivity contribution in [2.45, 2.75) is 33.1 Å². The number of methoxy groups -OCH3 is 1. The zero-order valence-electron chi connectivity index (χ0n) is 14.8. The molecule has 1 aliphatic heterocycles. The van der Waals surface area contributed by atoms with Crippen LogP contribution in [0.2, 0.25) is 0 Å². The molecule has 0 unspecified atom stereocenters. The van der Waals surface area contributed by atoms with Gasteiger partial charge in [-0.2, -0.15) is 0 Å². The van der Waals surface area contributed by atoms with Crippen molar-refractivity contribution in [1.29, 1.82) is 0 Å². The fourth-order valence-electron chi connectivity index (χ4n) is 2.83. The van der Waals surface area contributed by atoms with Gasteiger partial charge < -0.3 is 14.5 Å². The molecule has 0 aliphatic carbocycles. The molecule has 1 fully saturated rings. The first-order valence-corrected chi connectivity index (χ1v) is 8.97. The Morgan fingerprint density at radius 1 is 1.22 bits per heavy atom. The van der Waals surface area contributed by atoms with E-state index in [-0.39, 0.29) is 11.3 Å². The second-order valence-corrected chi connectivity index (χ2v) is 7.87. The van der Waals surface area contributed by atoms with Crippen LogP contribution in [0.1, 0.15) is 43.6 Å². The lowest BCUT2D eigenvalue weighted by Crippen LogP contribution is -2.48. The van der Waals surface area contributed by atoms with Crippen molar-refractivity contribution in [2.75, 3.05) is 39.8 Å². The van der Waals surface area contributed by atoms with E-state index in [9.17, 15) is 4.79 Å². The van der Waals surface area contributed by atoms with Gasteiger partial charge in [0.1, 0.15) is 5.75 Å². The molecule has 0 N–H and O–H groups in total. The molecule has 1 aliphatic rings. The molecule has 0 spiro atoms. The number of hydrogen-bond acceptors (Lipinski definition) is 3. The van der Waals surface area contributed by atoms with Crippen LogP contribution in [0.3, 0.4) is 0 Å². The van der Waals surface area contributed by atoms with Crippen LogP contribution in [0.4, 0.5) is 0 Å². The number of carbonyl (C=O) groups is 1. The Morgan fingerprint density at radius 2 is 1.83 bits per heavy atom. The first-order chi connectivity index (χ1) is 10.8. The Kier molecular flexibility index (Phi) is 5.74. The molecule has 128 valence electrons. The molecule has 1 aromatic carbocycles. The fraction of sp³-hybridized carbons (Fsp3) is 0.611. The Hall–Kier alpha value is -1.07. The molecular formula is C18H27BrN2O2. The summed E-state index contributed by atoms with van der Waals surface area (Å²) in [6, 6.07) is 4.03. The first-order valence-electron chi connectivity index (χ1n) is 8.17. The van der Waals surface area contributed by atoms with E-state index in [1.165, 1.54) is 0 Å². The lowest BCUT2D eigenvalue weighted by atomic mass is 9.86. The molecule has 0 saturated carbocycles. The van der Waals surface area contributed by atoms with Crippen LogP contribution in [-0.4, -0.2) is 55.5 Å². The Bertz CT molecular complexity index is 573. The van der Waals surface area contributed by atoms with Crippen LogP contribution in [-0.2, 0) is 5.41 Å². The number of hydrogen-bond donors (Lipinski definition) is 0. The highest BCUT2D eigenvalue weighted by atomic mass is 79.9. The van der Waals surface area contributed by atoms with Gasteiger partial charge in [-0.25, -0.2) is 0 Å². The molecule has 1 heterocycles. The van der Waals surface area contributed by atoms with E-state index < -0.39 is 0 Å². The van der Waals surface area contributed by atoms with Crippen molar-refractivity contribution in [3.05, 3.63) is 27.7 Å². The quantitative estimate of drug-likeness (QED) is 0.801. The van der Waals surface area contributed by atoms with Crippen molar-refractivity contribution >= 4 is 21.8 Å². The molecule has 0 bridgehead atoms. The second-order valence-electron chi connectivity index (χ2n) is 7.02. The van der Waals surface area contributed by atoms with Gasteiger partial charge >= 0.3 is 0 Å². The number of rotatable bonds is 3. The minimum Gasteiger partial charge on any atom is -0.495 e. The van der Waals surface area contributed by atoms with Crippen molar-refractivity contribution < 1.29 is 9.53 Å². The molecule has 2 rings (SSSR count). The van der Waals surface area contributed by atoms with Crippen LogP contribution in [0.15, 0.2) is 16.6 Å². The van der Waals surface area contributed by atoms with Gasteiger partial charge in [0.05, 0.1) is 17.1 Å². The molecule has 1 saturated heterocycles. The van der Waals surface area contributed by atoms with Crippen LogP contribution >= 0.6 is 15.9 Å². The van der Waals surface area contributed by atoms with E-state index in [0.29, 0.717) is 11.3 Å². The molecule has 0 aromatic heterocycles. The highest BCUT2D eigenvalue weighted by Gasteiger charge is 2.27.